The lowest BCUT2D eigenvalue weighted by molar-refractivity contribution is -0.152. The van der Waals surface area contributed by atoms with E-state index in [9.17, 15) is 24.3 Å². The molecule has 1 saturated carbocycles. The number of esters is 1. The second-order valence-corrected chi connectivity index (χ2v) is 13.4. The second-order valence-electron chi connectivity index (χ2n) is 13.4. The van der Waals surface area contributed by atoms with Gasteiger partial charge in [0.1, 0.15) is 11.5 Å². The number of aryl methyl sites for hydroxylation is 1. The highest BCUT2D eigenvalue weighted by Gasteiger charge is 2.67. The number of hydrogen-bond donors (Lipinski definition) is 1. The molecule has 43 heavy (non-hydrogen) atoms. The first kappa shape index (κ1) is 30.6. The van der Waals surface area contributed by atoms with Crippen LogP contribution < -0.4 is 4.74 Å². The Balaban J connectivity index is 1.59. The minimum Gasteiger partial charge on any atom is -0.507 e. The molecule has 2 aromatic carbocycles. The van der Waals surface area contributed by atoms with Crippen LogP contribution in [0.15, 0.2) is 53.1 Å². The smallest absolute Gasteiger partial charge is 0.313 e. The lowest BCUT2D eigenvalue weighted by Crippen LogP contribution is -2.61. The van der Waals surface area contributed by atoms with Crippen LogP contribution in [-0.2, 0) is 30.3 Å². The lowest BCUT2D eigenvalue weighted by Gasteiger charge is -2.58. The Morgan fingerprint density at radius 1 is 0.977 bits per heavy atom. The fourth-order valence-electron chi connectivity index (χ4n) is 7.92. The topological polar surface area (TPSA) is 107 Å². The first-order valence-electron chi connectivity index (χ1n) is 14.8. The van der Waals surface area contributed by atoms with Crippen molar-refractivity contribution < 1.29 is 33.8 Å². The fraction of sp³-hybridized carbons (Fsp3) is 0.444. The molecule has 3 aliphatic rings. The van der Waals surface area contributed by atoms with Crippen LogP contribution in [-0.4, -0.2) is 41.6 Å². The number of aliphatic hydroxyl groups is 1. The molecule has 0 heterocycles. The number of allylic oxidation sites excluding steroid dienone is 3. The number of hydrogen-bond acceptors (Lipinski definition) is 7. The van der Waals surface area contributed by atoms with Gasteiger partial charge in [-0.05, 0) is 93.7 Å². The molecule has 226 valence electrons. The maximum Gasteiger partial charge on any atom is 0.313 e. The summed E-state index contributed by atoms with van der Waals surface area (Å²) in [5.41, 5.74) is 2.38. The van der Waals surface area contributed by atoms with E-state index in [1.165, 1.54) is 6.92 Å². The molecule has 0 aliphatic heterocycles. The Morgan fingerprint density at radius 3 is 2.23 bits per heavy atom. The van der Waals surface area contributed by atoms with Crippen molar-refractivity contribution in [1.29, 1.82) is 0 Å². The van der Waals surface area contributed by atoms with Crippen molar-refractivity contribution in [3.8, 4) is 16.9 Å². The minimum absolute atomic E-state index is 0.0855. The van der Waals surface area contributed by atoms with Crippen molar-refractivity contribution in [3.63, 3.8) is 0 Å². The van der Waals surface area contributed by atoms with Crippen LogP contribution in [0.5, 0.6) is 5.75 Å². The van der Waals surface area contributed by atoms with E-state index in [2.05, 4.69) is 0 Å². The highest BCUT2D eigenvalue weighted by molar-refractivity contribution is 6.31. The van der Waals surface area contributed by atoms with Gasteiger partial charge >= 0.3 is 5.97 Å². The first-order valence-corrected chi connectivity index (χ1v) is 14.8. The van der Waals surface area contributed by atoms with E-state index in [4.69, 9.17) is 9.47 Å². The molecule has 1 unspecified atom stereocenters. The van der Waals surface area contributed by atoms with Crippen molar-refractivity contribution in [2.45, 2.75) is 80.3 Å². The van der Waals surface area contributed by atoms with E-state index in [1.807, 2.05) is 52.0 Å². The Hall–Kier alpha value is -3.84. The van der Waals surface area contributed by atoms with Crippen molar-refractivity contribution >= 4 is 29.1 Å². The number of rotatable bonds is 6. The molecule has 3 aliphatic carbocycles. The summed E-state index contributed by atoms with van der Waals surface area (Å²) in [5.74, 6) is -1.19. The van der Waals surface area contributed by atoms with Crippen molar-refractivity contribution in [3.05, 3.63) is 69.8 Å². The molecule has 7 nitrogen and oxygen atoms in total. The number of ether oxygens (including phenoxy) is 2. The number of carbonyl (C=O) groups is 4. The summed E-state index contributed by atoms with van der Waals surface area (Å²) < 4.78 is 10.6. The number of ketones is 3. The number of Topliss-reactive ketones (excluding diaryl/α,β-unsaturated/α-hetero) is 3. The third kappa shape index (κ3) is 4.60. The molecule has 2 aromatic rings. The largest absolute Gasteiger partial charge is 0.507 e. The van der Waals surface area contributed by atoms with Gasteiger partial charge in [-0.15, -0.1) is 0 Å². The summed E-state index contributed by atoms with van der Waals surface area (Å²) in [6, 6.07) is 11.2. The summed E-state index contributed by atoms with van der Waals surface area (Å²) >= 11 is 0. The van der Waals surface area contributed by atoms with Crippen LogP contribution in [0, 0.1) is 23.2 Å². The Kier molecular flexibility index (Phi) is 7.41. The van der Waals surface area contributed by atoms with Crippen LogP contribution in [0.4, 0.5) is 0 Å². The number of benzene rings is 2. The number of aliphatic hydroxyl groups excluding tert-OH is 1. The van der Waals surface area contributed by atoms with E-state index in [0.717, 1.165) is 27.8 Å². The van der Waals surface area contributed by atoms with Crippen LogP contribution in [0.1, 0.15) is 77.5 Å². The van der Waals surface area contributed by atoms with Gasteiger partial charge in [0, 0.05) is 23.7 Å². The van der Waals surface area contributed by atoms with Crippen LogP contribution in [0.3, 0.4) is 0 Å². The Morgan fingerprint density at radius 2 is 1.63 bits per heavy atom. The summed E-state index contributed by atoms with van der Waals surface area (Å²) in [6.45, 7) is 12.5. The molecule has 0 saturated heterocycles. The zero-order valence-corrected chi connectivity index (χ0v) is 26.3. The average molecular weight is 585 g/mol. The number of methoxy groups -OCH3 is 1. The van der Waals surface area contributed by atoms with Gasteiger partial charge in [-0.25, -0.2) is 0 Å². The lowest BCUT2D eigenvalue weighted by atomic mass is 9.42. The van der Waals surface area contributed by atoms with Crippen LogP contribution >= 0.6 is 0 Å². The molecule has 0 bridgehead atoms. The molecule has 1 N–H and O–H groups in total. The average Bonchev–Trinajstić information content (AvgIpc) is 2.91. The third-order valence-corrected chi connectivity index (χ3v) is 10.2. The summed E-state index contributed by atoms with van der Waals surface area (Å²) in [4.78, 5) is 53.1. The third-order valence-electron chi connectivity index (χ3n) is 10.2. The number of carbonyl (C=O) groups excluding carboxylic acids is 4. The van der Waals surface area contributed by atoms with Crippen LogP contribution in [0.25, 0.3) is 16.9 Å². The van der Waals surface area contributed by atoms with Gasteiger partial charge in [0.15, 0.2) is 17.3 Å². The van der Waals surface area contributed by atoms with Gasteiger partial charge in [-0.1, -0.05) is 43.7 Å². The molecule has 7 heteroatoms. The van der Waals surface area contributed by atoms with Gasteiger partial charge < -0.3 is 14.6 Å². The Bertz CT molecular complexity index is 1640. The fourth-order valence-corrected chi connectivity index (χ4v) is 7.92. The minimum atomic E-state index is -1.45. The second kappa shape index (κ2) is 10.4. The molecule has 0 amide bonds. The monoisotopic (exact) mass is 584 g/mol. The number of fused-ring (bicyclic) bond motifs is 3. The normalized spacial score (nSPS) is 27.3. The molecule has 5 rings (SSSR count). The summed E-state index contributed by atoms with van der Waals surface area (Å²) in [7, 11) is 1.55. The maximum atomic E-state index is 14.5. The van der Waals surface area contributed by atoms with Crippen molar-refractivity contribution in [2.75, 3.05) is 7.11 Å². The standard InChI is InChI=1S/C36H40O7/c1-19-9-14-25(23-10-12-24(13-11-23)43-27(38)15-21(3)42-8)26-17-34(5)18-35(6)16-20(2)28(22(4)37)32(40)36(35,7)33(41)30(34)31(39)29(19)26/h9-14,21,39H,15-18H2,1-8H3/t21?,34-,35+,36-/m0/s1. The zero-order valence-electron chi connectivity index (χ0n) is 26.3. The molecule has 1 fully saturated rings. The molecular formula is C36H40O7. The van der Waals surface area contributed by atoms with Gasteiger partial charge in [-0.2, -0.15) is 0 Å². The quantitative estimate of drug-likeness (QED) is 0.175. The van der Waals surface area contributed by atoms with Gasteiger partial charge in [0.2, 0.25) is 0 Å². The van der Waals surface area contributed by atoms with Crippen molar-refractivity contribution in [2.24, 2.45) is 16.2 Å². The van der Waals surface area contributed by atoms with Crippen molar-refractivity contribution in [1.82, 2.24) is 0 Å². The predicted octanol–water partition coefficient (Wildman–Crippen LogP) is 6.69. The molecule has 0 spiro atoms. The van der Waals surface area contributed by atoms with Gasteiger partial charge in [-0.3, -0.25) is 19.2 Å². The molecule has 0 radical (unpaired) electrons. The van der Waals surface area contributed by atoms with Gasteiger partial charge in [0.05, 0.1) is 23.5 Å². The molecule has 0 aromatic heterocycles. The van der Waals surface area contributed by atoms with Crippen LogP contribution in [0.2, 0.25) is 0 Å². The zero-order chi connectivity index (χ0) is 31.6. The molecular weight excluding hydrogens is 544 g/mol. The summed E-state index contributed by atoms with van der Waals surface area (Å²) in [6.07, 6.45) is 1.35. The van der Waals surface area contributed by atoms with E-state index < -0.39 is 22.0 Å². The first-order chi connectivity index (χ1) is 20.1. The Labute approximate surface area is 253 Å². The van der Waals surface area contributed by atoms with E-state index in [-0.39, 0.29) is 47.0 Å². The summed E-state index contributed by atoms with van der Waals surface area (Å²) in [5, 5.41) is 11.9. The van der Waals surface area contributed by atoms with E-state index in [0.29, 0.717) is 30.6 Å². The van der Waals surface area contributed by atoms with Gasteiger partial charge in [0.25, 0.3) is 0 Å². The highest BCUT2D eigenvalue weighted by Crippen LogP contribution is 2.65. The van der Waals surface area contributed by atoms with E-state index in [1.54, 1.807) is 33.1 Å². The molecule has 4 atom stereocenters. The highest BCUT2D eigenvalue weighted by atomic mass is 16.5. The predicted molar refractivity (Wildman–Crippen MR) is 164 cm³/mol. The maximum absolute atomic E-state index is 14.5. The SMILES string of the molecule is COC(C)CC(=O)Oc1ccc(-c2ccc(C)c3c2C[C@@]2(C)C[C@@]4(C)CC(C)=C(C(C)=O)C(=O)[C@@]4(C)C(=O)C2=C3O)cc1. The van der Waals surface area contributed by atoms with E-state index >= 15 is 0 Å².